The van der Waals surface area contributed by atoms with Crippen LogP contribution in [0.1, 0.15) is 15.9 Å². The molecule has 0 heterocycles. The van der Waals surface area contributed by atoms with Crippen LogP contribution < -0.4 is 5.32 Å². The molecule has 0 spiro atoms. The summed E-state index contributed by atoms with van der Waals surface area (Å²) in [5.74, 6) is -1.36. The number of rotatable bonds is 5. The first-order chi connectivity index (χ1) is 10.1. The van der Waals surface area contributed by atoms with Crippen molar-refractivity contribution in [3.05, 3.63) is 59.7 Å². The number of carbonyl (C=O) groups is 1. The van der Waals surface area contributed by atoms with Gasteiger partial charge >= 0.3 is 0 Å². The highest BCUT2D eigenvalue weighted by Crippen LogP contribution is 2.28. The summed E-state index contributed by atoms with van der Waals surface area (Å²) < 4.78 is 0. The SMILES string of the molecule is O=C(N[C@H](CO)Cc1ccccc1)c1cccc(O)c1O. The number of benzene rings is 2. The Balaban J connectivity index is 2.08. The molecule has 0 aliphatic carbocycles. The van der Waals surface area contributed by atoms with Gasteiger partial charge in [0.1, 0.15) is 0 Å². The number of aliphatic hydroxyl groups excluding tert-OH is 1. The second-order valence-corrected chi connectivity index (χ2v) is 4.72. The molecule has 1 atom stereocenters. The third kappa shape index (κ3) is 3.73. The molecule has 2 rings (SSSR count). The third-order valence-electron chi connectivity index (χ3n) is 3.14. The van der Waals surface area contributed by atoms with Gasteiger partial charge in [0.2, 0.25) is 0 Å². The Bertz CT molecular complexity index is 613. The number of phenols is 2. The third-order valence-corrected chi connectivity index (χ3v) is 3.14. The average molecular weight is 287 g/mol. The number of aromatic hydroxyl groups is 2. The molecule has 5 heteroatoms. The normalized spacial score (nSPS) is 11.9. The van der Waals surface area contributed by atoms with Crippen LogP contribution >= 0.6 is 0 Å². The van der Waals surface area contributed by atoms with Crippen molar-refractivity contribution in [3.63, 3.8) is 0 Å². The summed E-state index contributed by atoms with van der Waals surface area (Å²) >= 11 is 0. The van der Waals surface area contributed by atoms with Crippen molar-refractivity contribution in [2.24, 2.45) is 0 Å². The zero-order valence-corrected chi connectivity index (χ0v) is 11.4. The van der Waals surface area contributed by atoms with Gasteiger partial charge in [0.25, 0.3) is 5.91 Å². The van der Waals surface area contributed by atoms with E-state index in [-0.39, 0.29) is 17.9 Å². The van der Waals surface area contributed by atoms with Crippen LogP contribution in [0.15, 0.2) is 48.5 Å². The highest BCUT2D eigenvalue weighted by atomic mass is 16.3. The number of phenolic OH excluding ortho intramolecular Hbond substituents is 2. The monoisotopic (exact) mass is 287 g/mol. The van der Waals surface area contributed by atoms with E-state index in [1.54, 1.807) is 0 Å². The van der Waals surface area contributed by atoms with Crippen molar-refractivity contribution in [2.75, 3.05) is 6.61 Å². The van der Waals surface area contributed by atoms with Crippen LogP contribution in [-0.2, 0) is 6.42 Å². The second kappa shape index (κ2) is 6.76. The van der Waals surface area contributed by atoms with Crippen LogP contribution in [0.4, 0.5) is 0 Å². The van der Waals surface area contributed by atoms with Gasteiger partial charge in [-0.15, -0.1) is 0 Å². The Hall–Kier alpha value is -2.53. The summed E-state index contributed by atoms with van der Waals surface area (Å²) in [5, 5.41) is 31.1. The highest BCUT2D eigenvalue weighted by Gasteiger charge is 2.17. The Labute approximate surface area is 122 Å². The van der Waals surface area contributed by atoms with Gasteiger partial charge in [0, 0.05) is 0 Å². The van der Waals surface area contributed by atoms with Gasteiger partial charge in [0.05, 0.1) is 18.2 Å². The van der Waals surface area contributed by atoms with E-state index in [1.807, 2.05) is 30.3 Å². The molecule has 0 radical (unpaired) electrons. The van der Waals surface area contributed by atoms with Gasteiger partial charge in [-0.1, -0.05) is 36.4 Å². The summed E-state index contributed by atoms with van der Waals surface area (Å²) in [6.45, 7) is -0.222. The molecule has 0 saturated carbocycles. The maximum absolute atomic E-state index is 12.1. The van der Waals surface area contributed by atoms with Crippen LogP contribution in [-0.4, -0.2) is 33.9 Å². The number of aliphatic hydroxyl groups is 1. The molecule has 0 aliphatic heterocycles. The fourth-order valence-electron chi connectivity index (χ4n) is 2.04. The molecule has 2 aromatic rings. The Kier molecular flexibility index (Phi) is 4.79. The Morgan fingerprint density at radius 1 is 1.05 bits per heavy atom. The summed E-state index contributed by atoms with van der Waals surface area (Å²) in [4.78, 5) is 12.1. The van der Waals surface area contributed by atoms with E-state index >= 15 is 0 Å². The van der Waals surface area contributed by atoms with Crippen LogP contribution in [0, 0.1) is 0 Å². The summed E-state index contributed by atoms with van der Waals surface area (Å²) in [7, 11) is 0. The van der Waals surface area contributed by atoms with E-state index < -0.39 is 17.7 Å². The topological polar surface area (TPSA) is 89.8 Å². The van der Waals surface area contributed by atoms with Crippen molar-refractivity contribution in [1.29, 1.82) is 0 Å². The lowest BCUT2D eigenvalue weighted by molar-refractivity contribution is 0.0913. The van der Waals surface area contributed by atoms with E-state index in [4.69, 9.17) is 0 Å². The molecule has 0 aliphatic rings. The Morgan fingerprint density at radius 2 is 1.76 bits per heavy atom. The van der Waals surface area contributed by atoms with Crippen molar-refractivity contribution < 1.29 is 20.1 Å². The van der Waals surface area contributed by atoms with Crippen molar-refractivity contribution in [1.82, 2.24) is 5.32 Å². The van der Waals surface area contributed by atoms with Crippen molar-refractivity contribution in [3.8, 4) is 11.5 Å². The van der Waals surface area contributed by atoms with Gasteiger partial charge < -0.3 is 20.6 Å². The fraction of sp³-hybridized carbons (Fsp3) is 0.188. The number of hydrogen-bond acceptors (Lipinski definition) is 4. The largest absolute Gasteiger partial charge is 0.504 e. The van der Waals surface area contributed by atoms with Gasteiger partial charge in [-0.25, -0.2) is 0 Å². The van der Waals surface area contributed by atoms with Crippen LogP contribution in [0.2, 0.25) is 0 Å². The lowest BCUT2D eigenvalue weighted by Crippen LogP contribution is -2.39. The van der Waals surface area contributed by atoms with E-state index in [9.17, 15) is 20.1 Å². The lowest BCUT2D eigenvalue weighted by Gasteiger charge is -2.17. The van der Waals surface area contributed by atoms with E-state index in [1.165, 1.54) is 18.2 Å². The lowest BCUT2D eigenvalue weighted by atomic mass is 10.1. The first kappa shape index (κ1) is 14.9. The molecule has 2 aromatic carbocycles. The van der Waals surface area contributed by atoms with Crippen LogP contribution in [0.5, 0.6) is 11.5 Å². The fourth-order valence-corrected chi connectivity index (χ4v) is 2.04. The smallest absolute Gasteiger partial charge is 0.255 e. The number of hydrogen-bond donors (Lipinski definition) is 4. The van der Waals surface area contributed by atoms with Gasteiger partial charge in [0.15, 0.2) is 11.5 Å². The second-order valence-electron chi connectivity index (χ2n) is 4.72. The summed E-state index contributed by atoms with van der Waals surface area (Å²) in [5.41, 5.74) is 0.957. The summed E-state index contributed by atoms with van der Waals surface area (Å²) in [6, 6.07) is 13.2. The molecule has 5 nitrogen and oxygen atoms in total. The minimum Gasteiger partial charge on any atom is -0.504 e. The van der Waals surface area contributed by atoms with Gasteiger partial charge in [-0.2, -0.15) is 0 Å². The zero-order chi connectivity index (χ0) is 15.2. The first-order valence-electron chi connectivity index (χ1n) is 6.58. The molecule has 1 amide bonds. The van der Waals surface area contributed by atoms with Crippen molar-refractivity contribution >= 4 is 5.91 Å². The molecule has 0 aromatic heterocycles. The zero-order valence-electron chi connectivity index (χ0n) is 11.4. The molecule has 110 valence electrons. The van der Waals surface area contributed by atoms with Crippen LogP contribution in [0.25, 0.3) is 0 Å². The summed E-state index contributed by atoms with van der Waals surface area (Å²) in [6.07, 6.45) is 0.475. The maximum Gasteiger partial charge on any atom is 0.255 e. The van der Waals surface area contributed by atoms with Crippen molar-refractivity contribution in [2.45, 2.75) is 12.5 Å². The van der Waals surface area contributed by atoms with E-state index in [2.05, 4.69) is 5.32 Å². The van der Waals surface area contributed by atoms with E-state index in [0.717, 1.165) is 5.56 Å². The quantitative estimate of drug-likeness (QED) is 0.626. The van der Waals surface area contributed by atoms with Crippen LogP contribution in [0.3, 0.4) is 0 Å². The molecule has 0 saturated heterocycles. The predicted molar refractivity (Wildman–Crippen MR) is 78.3 cm³/mol. The number of para-hydroxylation sites is 1. The molecular weight excluding hydrogens is 270 g/mol. The van der Waals surface area contributed by atoms with Gasteiger partial charge in [-0.3, -0.25) is 4.79 Å². The molecular formula is C16H17NO4. The molecule has 4 N–H and O–H groups in total. The Morgan fingerprint density at radius 3 is 2.43 bits per heavy atom. The number of amides is 1. The van der Waals surface area contributed by atoms with E-state index in [0.29, 0.717) is 6.42 Å². The van der Waals surface area contributed by atoms with Gasteiger partial charge in [-0.05, 0) is 24.1 Å². The molecule has 0 bridgehead atoms. The minimum atomic E-state index is -0.543. The number of carbonyl (C=O) groups excluding carboxylic acids is 1. The molecule has 21 heavy (non-hydrogen) atoms. The predicted octanol–water partition coefficient (Wildman–Crippen LogP) is 1.43. The molecule has 0 fully saturated rings. The first-order valence-corrected chi connectivity index (χ1v) is 6.58. The average Bonchev–Trinajstić information content (AvgIpc) is 2.50. The highest BCUT2D eigenvalue weighted by molar-refractivity contribution is 5.97. The standard InChI is InChI=1S/C16H17NO4/c18-10-12(9-11-5-2-1-3-6-11)17-16(21)13-7-4-8-14(19)15(13)20/h1-8,12,18-20H,9-10H2,(H,17,21)/t12-/m0/s1. The maximum atomic E-state index is 12.1. The number of nitrogens with one attached hydrogen (secondary N) is 1. The molecule has 0 unspecified atom stereocenters. The minimum absolute atomic E-state index is 0.0264.